The summed E-state index contributed by atoms with van der Waals surface area (Å²) in [5.74, 6) is -0.547. The van der Waals surface area contributed by atoms with Crippen molar-refractivity contribution >= 4 is 40.8 Å². The molecule has 0 saturated carbocycles. The molecule has 0 aliphatic heterocycles. The average Bonchev–Trinajstić information content (AvgIpc) is 2.48. The van der Waals surface area contributed by atoms with Gasteiger partial charge in [0, 0.05) is 5.56 Å². The van der Waals surface area contributed by atoms with E-state index in [1.807, 2.05) is 13.0 Å². The van der Waals surface area contributed by atoms with Crippen LogP contribution in [-0.2, 0) is 4.79 Å². The number of ether oxygens (including phenoxy) is 1. The van der Waals surface area contributed by atoms with Crippen LogP contribution < -0.4 is 4.74 Å². The highest BCUT2D eigenvalue weighted by Crippen LogP contribution is 2.30. The molecule has 114 valence electrons. The molecular formula is C17H14Cl2O3. The minimum absolute atomic E-state index is 0.124. The molecule has 0 amide bonds. The van der Waals surface area contributed by atoms with Crippen LogP contribution in [0, 0.1) is 6.92 Å². The van der Waals surface area contributed by atoms with Gasteiger partial charge in [-0.1, -0.05) is 40.9 Å². The number of rotatable bonds is 4. The van der Waals surface area contributed by atoms with Crippen LogP contribution in [0.25, 0.3) is 11.6 Å². The maximum atomic E-state index is 11.7. The topological polar surface area (TPSA) is 46.5 Å². The van der Waals surface area contributed by atoms with Gasteiger partial charge in [-0.25, -0.2) is 4.79 Å². The van der Waals surface area contributed by atoms with Crippen LogP contribution in [0.2, 0.25) is 10.0 Å². The van der Waals surface area contributed by atoms with E-state index in [4.69, 9.17) is 27.9 Å². The van der Waals surface area contributed by atoms with Gasteiger partial charge in [-0.15, -0.1) is 0 Å². The second-order valence-corrected chi connectivity index (χ2v) is 5.55. The van der Waals surface area contributed by atoms with Crippen LogP contribution in [0.15, 0.2) is 36.4 Å². The van der Waals surface area contributed by atoms with E-state index in [0.29, 0.717) is 26.9 Å². The number of hydrogen-bond donors (Lipinski definition) is 1. The van der Waals surface area contributed by atoms with Gasteiger partial charge in [0.05, 0.1) is 22.7 Å². The van der Waals surface area contributed by atoms with E-state index in [2.05, 4.69) is 0 Å². The first kappa shape index (κ1) is 16.4. The van der Waals surface area contributed by atoms with Crippen molar-refractivity contribution in [3.8, 4) is 5.75 Å². The zero-order valence-corrected chi connectivity index (χ0v) is 13.6. The fourth-order valence-electron chi connectivity index (χ4n) is 2.06. The van der Waals surface area contributed by atoms with Crippen molar-refractivity contribution in [2.45, 2.75) is 6.92 Å². The first-order valence-corrected chi connectivity index (χ1v) is 7.23. The fraction of sp³-hybridized carbons (Fsp3) is 0.118. The summed E-state index contributed by atoms with van der Waals surface area (Å²) < 4.78 is 5.26. The lowest BCUT2D eigenvalue weighted by atomic mass is 10.00. The minimum atomic E-state index is -1.05. The molecule has 0 unspecified atom stereocenters. The lowest BCUT2D eigenvalue weighted by Gasteiger charge is -2.10. The molecule has 0 atom stereocenters. The summed E-state index contributed by atoms with van der Waals surface area (Å²) in [7, 11) is 1.51. The number of benzene rings is 2. The maximum absolute atomic E-state index is 11.7. The number of carboxylic acid groups (broad SMARTS) is 1. The minimum Gasteiger partial charge on any atom is -0.496 e. The fourth-order valence-corrected chi connectivity index (χ4v) is 2.36. The van der Waals surface area contributed by atoms with Crippen LogP contribution >= 0.6 is 23.2 Å². The molecule has 1 N–H and O–H groups in total. The Morgan fingerprint density at radius 3 is 2.45 bits per heavy atom. The monoisotopic (exact) mass is 336 g/mol. The van der Waals surface area contributed by atoms with Gasteiger partial charge in [0.2, 0.25) is 0 Å². The normalized spacial score (nSPS) is 11.4. The van der Waals surface area contributed by atoms with Crippen molar-refractivity contribution in [1.82, 2.24) is 0 Å². The Morgan fingerprint density at radius 2 is 1.86 bits per heavy atom. The van der Waals surface area contributed by atoms with E-state index < -0.39 is 5.97 Å². The summed E-state index contributed by atoms with van der Waals surface area (Å²) >= 11 is 11.8. The van der Waals surface area contributed by atoms with Gasteiger partial charge < -0.3 is 9.84 Å². The molecule has 22 heavy (non-hydrogen) atoms. The molecule has 0 aliphatic rings. The summed E-state index contributed by atoms with van der Waals surface area (Å²) in [6, 6.07) is 10.3. The second-order valence-electron chi connectivity index (χ2n) is 4.74. The molecule has 0 heterocycles. The highest BCUT2D eigenvalue weighted by Gasteiger charge is 2.16. The predicted molar refractivity (Wildman–Crippen MR) is 89.7 cm³/mol. The van der Waals surface area contributed by atoms with Gasteiger partial charge in [0.1, 0.15) is 5.75 Å². The van der Waals surface area contributed by atoms with Gasteiger partial charge in [-0.3, -0.25) is 0 Å². The van der Waals surface area contributed by atoms with Crippen molar-refractivity contribution < 1.29 is 14.6 Å². The first-order valence-electron chi connectivity index (χ1n) is 6.47. The molecule has 2 aromatic rings. The summed E-state index contributed by atoms with van der Waals surface area (Å²) in [5, 5.41) is 10.3. The number of aryl methyl sites for hydroxylation is 1. The van der Waals surface area contributed by atoms with Gasteiger partial charge >= 0.3 is 5.97 Å². The highest BCUT2D eigenvalue weighted by molar-refractivity contribution is 6.42. The Morgan fingerprint density at radius 1 is 1.14 bits per heavy atom. The molecule has 0 aromatic heterocycles. The van der Waals surface area contributed by atoms with E-state index >= 15 is 0 Å². The first-order chi connectivity index (χ1) is 10.4. The molecule has 5 heteroatoms. The number of carboxylic acids is 1. The SMILES string of the molecule is COc1ccc(C)cc1/C(=C/c1ccc(Cl)c(Cl)c1)C(=O)O. The maximum Gasteiger partial charge on any atom is 0.336 e. The largest absolute Gasteiger partial charge is 0.496 e. The third-order valence-electron chi connectivity index (χ3n) is 3.13. The van der Waals surface area contributed by atoms with E-state index in [1.165, 1.54) is 7.11 Å². The van der Waals surface area contributed by atoms with Gasteiger partial charge in [-0.2, -0.15) is 0 Å². The van der Waals surface area contributed by atoms with Crippen molar-refractivity contribution in [3.63, 3.8) is 0 Å². The van der Waals surface area contributed by atoms with Crippen molar-refractivity contribution in [1.29, 1.82) is 0 Å². The molecule has 2 aromatic carbocycles. The lowest BCUT2D eigenvalue weighted by molar-refractivity contribution is -0.130. The van der Waals surface area contributed by atoms with Crippen LogP contribution in [-0.4, -0.2) is 18.2 Å². The standard InChI is InChI=1S/C17H14Cl2O3/c1-10-3-6-16(22-2)12(7-10)13(17(20)21)8-11-4-5-14(18)15(19)9-11/h3-9H,1-2H3,(H,20,21)/b13-8-. The van der Waals surface area contributed by atoms with Crippen LogP contribution in [0.1, 0.15) is 16.7 Å². The van der Waals surface area contributed by atoms with Gasteiger partial charge in [0.15, 0.2) is 0 Å². The van der Waals surface area contributed by atoms with Gasteiger partial charge in [-0.05, 0) is 42.8 Å². The lowest BCUT2D eigenvalue weighted by Crippen LogP contribution is -2.02. The summed E-state index contributed by atoms with van der Waals surface area (Å²) in [5.41, 5.74) is 2.23. The number of methoxy groups -OCH3 is 1. The van der Waals surface area contributed by atoms with E-state index in [0.717, 1.165) is 5.56 Å². The Labute approximate surface area is 138 Å². The smallest absolute Gasteiger partial charge is 0.336 e. The summed E-state index contributed by atoms with van der Waals surface area (Å²) in [6.45, 7) is 1.89. The molecule has 0 radical (unpaired) electrons. The zero-order valence-electron chi connectivity index (χ0n) is 12.1. The Kier molecular flexibility index (Phi) is 5.11. The third kappa shape index (κ3) is 3.62. The molecule has 3 nitrogen and oxygen atoms in total. The Bertz CT molecular complexity index is 752. The van der Waals surface area contributed by atoms with Gasteiger partial charge in [0.25, 0.3) is 0 Å². The van der Waals surface area contributed by atoms with Crippen molar-refractivity contribution in [2.24, 2.45) is 0 Å². The van der Waals surface area contributed by atoms with Crippen LogP contribution in [0.4, 0.5) is 0 Å². The number of hydrogen-bond acceptors (Lipinski definition) is 2. The number of aliphatic carboxylic acids is 1. The molecule has 0 aliphatic carbocycles. The molecule has 0 spiro atoms. The summed E-state index contributed by atoms with van der Waals surface area (Å²) in [6.07, 6.45) is 1.54. The quantitative estimate of drug-likeness (QED) is 0.635. The molecule has 0 fully saturated rings. The molecular weight excluding hydrogens is 323 g/mol. The second kappa shape index (κ2) is 6.86. The van der Waals surface area contributed by atoms with Crippen molar-refractivity contribution in [3.05, 3.63) is 63.1 Å². The van der Waals surface area contributed by atoms with E-state index in [-0.39, 0.29) is 5.57 Å². The van der Waals surface area contributed by atoms with E-state index in [1.54, 1.807) is 36.4 Å². The van der Waals surface area contributed by atoms with E-state index in [9.17, 15) is 9.90 Å². The summed E-state index contributed by atoms with van der Waals surface area (Å²) in [4.78, 5) is 11.7. The number of halogens is 2. The molecule has 0 saturated heterocycles. The number of carbonyl (C=O) groups is 1. The third-order valence-corrected chi connectivity index (χ3v) is 3.87. The molecule has 2 rings (SSSR count). The zero-order chi connectivity index (χ0) is 16.3. The average molecular weight is 337 g/mol. The van der Waals surface area contributed by atoms with Crippen LogP contribution in [0.3, 0.4) is 0 Å². The highest BCUT2D eigenvalue weighted by atomic mass is 35.5. The Hall–Kier alpha value is -1.97. The van der Waals surface area contributed by atoms with Crippen LogP contribution in [0.5, 0.6) is 5.75 Å². The molecule has 0 bridgehead atoms. The Balaban J connectivity index is 2.59. The predicted octanol–water partition coefficient (Wildman–Crippen LogP) is 4.94. The van der Waals surface area contributed by atoms with Crippen molar-refractivity contribution in [2.75, 3.05) is 7.11 Å².